The first-order valence-corrected chi connectivity index (χ1v) is 6.51. The number of halogens is 1. The van der Waals surface area contributed by atoms with Crippen molar-refractivity contribution < 1.29 is 14.2 Å². The molecule has 0 saturated heterocycles. The van der Waals surface area contributed by atoms with Crippen molar-refractivity contribution in [3.63, 3.8) is 0 Å². The summed E-state index contributed by atoms with van der Waals surface area (Å²) < 4.78 is 16.1. The molecular formula is C15H16ClNO3. The second kappa shape index (κ2) is 6.91. The smallest absolute Gasteiger partial charge is 0.122 e. The van der Waals surface area contributed by atoms with Gasteiger partial charge in [-0.1, -0.05) is 11.6 Å². The van der Waals surface area contributed by atoms with E-state index < -0.39 is 0 Å². The van der Waals surface area contributed by atoms with E-state index in [1.165, 1.54) is 0 Å². The van der Waals surface area contributed by atoms with E-state index in [1.54, 1.807) is 25.3 Å². The van der Waals surface area contributed by atoms with Crippen LogP contribution in [0, 0.1) is 0 Å². The second-order valence-electron chi connectivity index (χ2n) is 4.06. The van der Waals surface area contributed by atoms with Crippen LogP contribution in [-0.4, -0.2) is 20.3 Å². The SMILES string of the molecule is COc1ccc(OCCOc2ccc(N)c(Cl)c2)cc1. The summed E-state index contributed by atoms with van der Waals surface area (Å²) in [4.78, 5) is 0. The van der Waals surface area contributed by atoms with Crippen LogP contribution in [-0.2, 0) is 0 Å². The minimum absolute atomic E-state index is 0.423. The number of methoxy groups -OCH3 is 1. The van der Waals surface area contributed by atoms with Gasteiger partial charge in [0.1, 0.15) is 30.5 Å². The molecule has 20 heavy (non-hydrogen) atoms. The highest BCUT2D eigenvalue weighted by molar-refractivity contribution is 6.33. The maximum atomic E-state index is 5.90. The fourth-order valence-corrected chi connectivity index (χ4v) is 1.76. The molecule has 0 atom stereocenters. The predicted molar refractivity (Wildman–Crippen MR) is 79.8 cm³/mol. The van der Waals surface area contributed by atoms with E-state index in [2.05, 4.69) is 0 Å². The molecule has 0 aromatic heterocycles. The molecule has 4 nitrogen and oxygen atoms in total. The van der Waals surface area contributed by atoms with E-state index in [0.29, 0.717) is 29.7 Å². The molecule has 0 aliphatic rings. The molecule has 2 N–H and O–H groups in total. The molecule has 0 aliphatic carbocycles. The largest absolute Gasteiger partial charge is 0.497 e. The molecule has 5 heteroatoms. The van der Waals surface area contributed by atoms with Crippen molar-refractivity contribution >= 4 is 17.3 Å². The van der Waals surface area contributed by atoms with Gasteiger partial charge in [-0.3, -0.25) is 0 Å². The first kappa shape index (κ1) is 14.3. The highest BCUT2D eigenvalue weighted by Gasteiger charge is 2.00. The van der Waals surface area contributed by atoms with Gasteiger partial charge in [-0.15, -0.1) is 0 Å². The molecule has 0 heterocycles. The Morgan fingerprint density at radius 2 is 1.45 bits per heavy atom. The first-order valence-electron chi connectivity index (χ1n) is 6.14. The number of anilines is 1. The lowest BCUT2D eigenvalue weighted by Gasteiger charge is -2.09. The van der Waals surface area contributed by atoms with Crippen molar-refractivity contribution in [3.8, 4) is 17.2 Å². The van der Waals surface area contributed by atoms with Crippen LogP contribution in [0.2, 0.25) is 5.02 Å². The summed E-state index contributed by atoms with van der Waals surface area (Å²) in [6.45, 7) is 0.862. The summed E-state index contributed by atoms with van der Waals surface area (Å²) in [6.07, 6.45) is 0. The average Bonchev–Trinajstić information content (AvgIpc) is 2.48. The maximum absolute atomic E-state index is 5.90. The van der Waals surface area contributed by atoms with Crippen LogP contribution in [0.4, 0.5) is 5.69 Å². The first-order chi connectivity index (χ1) is 9.69. The Kier molecular flexibility index (Phi) is 4.96. The zero-order valence-corrected chi connectivity index (χ0v) is 11.9. The number of rotatable bonds is 6. The van der Waals surface area contributed by atoms with Gasteiger partial charge in [0.25, 0.3) is 0 Å². The van der Waals surface area contributed by atoms with Gasteiger partial charge >= 0.3 is 0 Å². The summed E-state index contributed by atoms with van der Waals surface area (Å²) in [6, 6.07) is 12.5. The molecule has 0 radical (unpaired) electrons. The minimum atomic E-state index is 0.423. The van der Waals surface area contributed by atoms with Gasteiger partial charge in [0, 0.05) is 6.07 Å². The molecule has 0 unspecified atom stereocenters. The van der Waals surface area contributed by atoms with Gasteiger partial charge in [-0.25, -0.2) is 0 Å². The molecule has 106 valence electrons. The van der Waals surface area contributed by atoms with Gasteiger partial charge in [0.2, 0.25) is 0 Å². The van der Waals surface area contributed by atoms with E-state index in [9.17, 15) is 0 Å². The lowest BCUT2D eigenvalue weighted by molar-refractivity contribution is 0.217. The quantitative estimate of drug-likeness (QED) is 0.655. The monoisotopic (exact) mass is 293 g/mol. The van der Waals surface area contributed by atoms with Crippen LogP contribution in [0.5, 0.6) is 17.2 Å². The summed E-state index contributed by atoms with van der Waals surface area (Å²) >= 11 is 5.90. The van der Waals surface area contributed by atoms with Gasteiger partial charge in [0.05, 0.1) is 17.8 Å². The molecule has 0 amide bonds. The van der Waals surface area contributed by atoms with Crippen LogP contribution in [0.25, 0.3) is 0 Å². The van der Waals surface area contributed by atoms with E-state index >= 15 is 0 Å². The van der Waals surface area contributed by atoms with Crippen LogP contribution >= 0.6 is 11.6 Å². The van der Waals surface area contributed by atoms with Crippen LogP contribution < -0.4 is 19.9 Å². The van der Waals surface area contributed by atoms with Crippen LogP contribution in [0.15, 0.2) is 42.5 Å². The zero-order valence-electron chi connectivity index (χ0n) is 11.1. The topological polar surface area (TPSA) is 53.7 Å². The Hall–Kier alpha value is -2.07. The minimum Gasteiger partial charge on any atom is -0.497 e. The van der Waals surface area contributed by atoms with Crippen molar-refractivity contribution in [1.29, 1.82) is 0 Å². The van der Waals surface area contributed by atoms with E-state index in [-0.39, 0.29) is 0 Å². The standard InChI is InChI=1S/C15H16ClNO3/c1-18-11-2-4-12(5-3-11)19-8-9-20-13-6-7-15(17)14(16)10-13/h2-7,10H,8-9,17H2,1H3. The number of ether oxygens (including phenoxy) is 3. The lowest BCUT2D eigenvalue weighted by Crippen LogP contribution is -2.09. The van der Waals surface area contributed by atoms with E-state index in [1.807, 2.05) is 24.3 Å². The molecular weight excluding hydrogens is 278 g/mol. The molecule has 0 spiro atoms. The molecule has 0 saturated carbocycles. The van der Waals surface area contributed by atoms with Gasteiger partial charge in [-0.2, -0.15) is 0 Å². The third kappa shape index (κ3) is 3.96. The average molecular weight is 294 g/mol. The van der Waals surface area contributed by atoms with Gasteiger partial charge < -0.3 is 19.9 Å². The van der Waals surface area contributed by atoms with Crippen LogP contribution in [0.1, 0.15) is 0 Å². The van der Waals surface area contributed by atoms with Crippen molar-refractivity contribution in [1.82, 2.24) is 0 Å². The number of benzene rings is 2. The molecule has 2 aromatic carbocycles. The normalized spacial score (nSPS) is 10.1. The predicted octanol–water partition coefficient (Wildman–Crippen LogP) is 3.39. The van der Waals surface area contributed by atoms with Crippen LogP contribution in [0.3, 0.4) is 0 Å². The summed E-state index contributed by atoms with van der Waals surface area (Å²) in [7, 11) is 1.63. The third-order valence-electron chi connectivity index (χ3n) is 2.65. The van der Waals surface area contributed by atoms with Gasteiger partial charge in [0.15, 0.2) is 0 Å². The Morgan fingerprint density at radius 3 is 2.05 bits per heavy atom. The Morgan fingerprint density at radius 1 is 0.900 bits per heavy atom. The molecule has 0 bridgehead atoms. The molecule has 0 aliphatic heterocycles. The highest BCUT2D eigenvalue weighted by atomic mass is 35.5. The number of nitrogen functional groups attached to an aromatic ring is 1. The Bertz CT molecular complexity index is 558. The van der Waals surface area contributed by atoms with Crippen molar-refractivity contribution in [3.05, 3.63) is 47.5 Å². The van der Waals surface area contributed by atoms with E-state index in [0.717, 1.165) is 11.5 Å². The molecule has 0 fully saturated rings. The second-order valence-corrected chi connectivity index (χ2v) is 4.46. The van der Waals surface area contributed by atoms with E-state index in [4.69, 9.17) is 31.5 Å². The van der Waals surface area contributed by atoms with Crippen molar-refractivity contribution in [2.24, 2.45) is 0 Å². The highest BCUT2D eigenvalue weighted by Crippen LogP contribution is 2.24. The number of nitrogens with two attached hydrogens (primary N) is 1. The number of hydrogen-bond donors (Lipinski definition) is 1. The fraction of sp³-hybridized carbons (Fsp3) is 0.200. The fourth-order valence-electron chi connectivity index (χ4n) is 1.59. The Labute approximate surface area is 123 Å². The third-order valence-corrected chi connectivity index (χ3v) is 2.98. The zero-order chi connectivity index (χ0) is 14.4. The molecule has 2 rings (SSSR count). The summed E-state index contributed by atoms with van der Waals surface area (Å²) in [5.74, 6) is 2.23. The summed E-state index contributed by atoms with van der Waals surface area (Å²) in [5.41, 5.74) is 6.16. The van der Waals surface area contributed by atoms with Crippen molar-refractivity contribution in [2.45, 2.75) is 0 Å². The summed E-state index contributed by atoms with van der Waals surface area (Å²) in [5, 5.41) is 0.485. The van der Waals surface area contributed by atoms with Crippen molar-refractivity contribution in [2.75, 3.05) is 26.1 Å². The lowest BCUT2D eigenvalue weighted by atomic mass is 10.3. The van der Waals surface area contributed by atoms with Gasteiger partial charge in [-0.05, 0) is 36.4 Å². The maximum Gasteiger partial charge on any atom is 0.122 e. The number of hydrogen-bond acceptors (Lipinski definition) is 4. The molecule has 2 aromatic rings. The Balaban J connectivity index is 1.76.